The molecule has 1 aliphatic rings. The van der Waals surface area contributed by atoms with Gasteiger partial charge < -0.3 is 9.47 Å². The number of rotatable bonds is 6. The molecule has 0 radical (unpaired) electrons. The molecular formula is C12H22O3. The van der Waals surface area contributed by atoms with E-state index in [2.05, 4.69) is 6.92 Å². The number of hydrogen-bond acceptors (Lipinski definition) is 3. The highest BCUT2D eigenvalue weighted by atomic mass is 16.6. The van der Waals surface area contributed by atoms with Gasteiger partial charge in [-0.25, -0.2) is 4.79 Å². The molecule has 0 heterocycles. The van der Waals surface area contributed by atoms with Crippen LogP contribution in [0.2, 0.25) is 0 Å². The summed E-state index contributed by atoms with van der Waals surface area (Å²) in [6, 6.07) is 0. The van der Waals surface area contributed by atoms with Crippen LogP contribution in [-0.2, 0) is 14.3 Å². The van der Waals surface area contributed by atoms with Crippen LogP contribution < -0.4 is 0 Å². The first-order valence-corrected chi connectivity index (χ1v) is 6.01. The van der Waals surface area contributed by atoms with Gasteiger partial charge in [0.15, 0.2) is 6.10 Å². The fraction of sp³-hybridized carbons (Fsp3) is 0.917. The minimum atomic E-state index is -0.335. The summed E-state index contributed by atoms with van der Waals surface area (Å²) >= 11 is 0. The van der Waals surface area contributed by atoms with E-state index in [4.69, 9.17) is 9.47 Å². The minimum absolute atomic E-state index is 0.213. The molecule has 3 heteroatoms. The molecule has 1 rings (SSSR count). The summed E-state index contributed by atoms with van der Waals surface area (Å²) in [4.78, 5) is 11.5. The van der Waals surface area contributed by atoms with Crippen LogP contribution in [0.5, 0.6) is 0 Å². The number of carbonyl (C=O) groups excluding carboxylic acids is 1. The maximum atomic E-state index is 11.5. The first kappa shape index (κ1) is 12.5. The number of carbonyl (C=O) groups is 1. The summed E-state index contributed by atoms with van der Waals surface area (Å²) in [6.45, 7) is 2.11. The van der Waals surface area contributed by atoms with Crippen LogP contribution in [0.1, 0.15) is 51.9 Å². The van der Waals surface area contributed by atoms with E-state index in [9.17, 15) is 4.79 Å². The normalized spacial score (nSPS) is 19.1. The van der Waals surface area contributed by atoms with Gasteiger partial charge in [-0.05, 0) is 19.3 Å². The van der Waals surface area contributed by atoms with E-state index in [0.29, 0.717) is 0 Å². The molecule has 0 aromatic rings. The van der Waals surface area contributed by atoms with E-state index in [0.717, 1.165) is 32.1 Å². The van der Waals surface area contributed by atoms with E-state index in [-0.39, 0.29) is 18.2 Å². The van der Waals surface area contributed by atoms with Crippen molar-refractivity contribution in [3.63, 3.8) is 0 Å². The maximum absolute atomic E-state index is 11.5. The summed E-state index contributed by atoms with van der Waals surface area (Å²) in [5, 5.41) is 0. The molecule has 0 N–H and O–H groups in total. The monoisotopic (exact) mass is 214 g/mol. The van der Waals surface area contributed by atoms with Crippen molar-refractivity contribution in [2.75, 3.05) is 7.11 Å². The average molecular weight is 214 g/mol. The van der Waals surface area contributed by atoms with Gasteiger partial charge >= 0.3 is 5.97 Å². The molecule has 0 aliphatic heterocycles. The van der Waals surface area contributed by atoms with Crippen molar-refractivity contribution in [2.45, 2.75) is 64.1 Å². The molecule has 0 bridgehead atoms. The molecule has 0 saturated heterocycles. The topological polar surface area (TPSA) is 35.5 Å². The molecule has 1 aliphatic carbocycles. The molecule has 0 aromatic heterocycles. The molecule has 0 amide bonds. The van der Waals surface area contributed by atoms with E-state index < -0.39 is 0 Å². The average Bonchev–Trinajstić information content (AvgIpc) is 2.75. The molecule has 1 unspecified atom stereocenters. The summed E-state index contributed by atoms with van der Waals surface area (Å²) in [5.41, 5.74) is 0. The lowest BCUT2D eigenvalue weighted by atomic mass is 10.1. The van der Waals surface area contributed by atoms with Crippen LogP contribution >= 0.6 is 0 Å². The Morgan fingerprint density at radius 2 is 2.07 bits per heavy atom. The highest BCUT2D eigenvalue weighted by Gasteiger charge is 2.25. The molecule has 0 spiro atoms. The predicted octanol–water partition coefficient (Wildman–Crippen LogP) is 2.68. The molecule has 1 atom stereocenters. The Labute approximate surface area is 92.1 Å². The second-order valence-electron chi connectivity index (χ2n) is 4.20. The Balaban J connectivity index is 2.36. The Kier molecular flexibility index (Phi) is 5.69. The van der Waals surface area contributed by atoms with E-state index in [1.807, 2.05) is 0 Å². The summed E-state index contributed by atoms with van der Waals surface area (Å²) in [7, 11) is 1.43. The minimum Gasteiger partial charge on any atom is -0.467 e. The second kappa shape index (κ2) is 6.83. The first-order chi connectivity index (χ1) is 7.27. The van der Waals surface area contributed by atoms with Gasteiger partial charge in [-0.15, -0.1) is 0 Å². The Morgan fingerprint density at radius 1 is 1.40 bits per heavy atom. The molecule has 0 aromatic carbocycles. The number of ether oxygens (including phenoxy) is 2. The van der Waals surface area contributed by atoms with Gasteiger partial charge in [-0.2, -0.15) is 0 Å². The lowest BCUT2D eigenvalue weighted by Gasteiger charge is -2.19. The SMILES string of the molecule is CCCCC(OC1CCCC1)C(=O)OC. The number of unbranched alkanes of at least 4 members (excludes halogenated alkanes) is 1. The summed E-state index contributed by atoms with van der Waals surface area (Å²) in [6.07, 6.45) is 7.50. The van der Waals surface area contributed by atoms with E-state index in [1.165, 1.54) is 20.0 Å². The number of esters is 1. The first-order valence-electron chi connectivity index (χ1n) is 6.01. The van der Waals surface area contributed by atoms with Gasteiger partial charge in [0.2, 0.25) is 0 Å². The van der Waals surface area contributed by atoms with Crippen molar-refractivity contribution >= 4 is 5.97 Å². The van der Waals surface area contributed by atoms with Crippen LogP contribution in [-0.4, -0.2) is 25.3 Å². The van der Waals surface area contributed by atoms with Gasteiger partial charge in [-0.1, -0.05) is 32.6 Å². The largest absolute Gasteiger partial charge is 0.467 e. The van der Waals surface area contributed by atoms with Gasteiger partial charge in [-0.3, -0.25) is 0 Å². The Morgan fingerprint density at radius 3 is 2.60 bits per heavy atom. The standard InChI is InChI=1S/C12H22O3/c1-3-4-9-11(12(13)14-2)15-10-7-5-6-8-10/h10-11H,3-9H2,1-2H3. The van der Waals surface area contributed by atoms with Crippen LogP contribution in [0, 0.1) is 0 Å². The molecule has 1 fully saturated rings. The van der Waals surface area contributed by atoms with Crippen LogP contribution in [0.15, 0.2) is 0 Å². The summed E-state index contributed by atoms with van der Waals surface area (Å²) < 4.78 is 10.5. The lowest BCUT2D eigenvalue weighted by Crippen LogP contribution is -2.29. The van der Waals surface area contributed by atoms with Crippen molar-refractivity contribution in [1.82, 2.24) is 0 Å². The van der Waals surface area contributed by atoms with Crippen molar-refractivity contribution in [3.05, 3.63) is 0 Å². The third kappa shape index (κ3) is 4.20. The quantitative estimate of drug-likeness (QED) is 0.638. The molecule has 88 valence electrons. The fourth-order valence-electron chi connectivity index (χ4n) is 2.02. The van der Waals surface area contributed by atoms with Crippen LogP contribution in [0.25, 0.3) is 0 Å². The van der Waals surface area contributed by atoms with Crippen molar-refractivity contribution < 1.29 is 14.3 Å². The lowest BCUT2D eigenvalue weighted by molar-refractivity contribution is -0.158. The zero-order valence-corrected chi connectivity index (χ0v) is 9.83. The molecule has 1 saturated carbocycles. The predicted molar refractivity (Wildman–Crippen MR) is 58.7 cm³/mol. The Bertz CT molecular complexity index is 185. The molecule has 15 heavy (non-hydrogen) atoms. The van der Waals surface area contributed by atoms with Gasteiger partial charge in [0.05, 0.1) is 13.2 Å². The second-order valence-corrected chi connectivity index (χ2v) is 4.20. The van der Waals surface area contributed by atoms with Crippen LogP contribution in [0.4, 0.5) is 0 Å². The summed E-state index contributed by atoms with van der Waals surface area (Å²) in [5.74, 6) is -0.213. The third-order valence-corrected chi connectivity index (χ3v) is 2.94. The smallest absolute Gasteiger partial charge is 0.334 e. The third-order valence-electron chi connectivity index (χ3n) is 2.94. The zero-order chi connectivity index (χ0) is 11.1. The highest BCUT2D eigenvalue weighted by Crippen LogP contribution is 2.23. The zero-order valence-electron chi connectivity index (χ0n) is 9.83. The van der Waals surface area contributed by atoms with Gasteiger partial charge in [0, 0.05) is 0 Å². The maximum Gasteiger partial charge on any atom is 0.334 e. The molecular weight excluding hydrogens is 192 g/mol. The van der Waals surface area contributed by atoms with Gasteiger partial charge in [0.25, 0.3) is 0 Å². The number of methoxy groups -OCH3 is 1. The van der Waals surface area contributed by atoms with Gasteiger partial charge in [0.1, 0.15) is 0 Å². The van der Waals surface area contributed by atoms with Crippen LogP contribution in [0.3, 0.4) is 0 Å². The fourth-order valence-corrected chi connectivity index (χ4v) is 2.02. The van der Waals surface area contributed by atoms with E-state index in [1.54, 1.807) is 0 Å². The number of hydrogen-bond donors (Lipinski definition) is 0. The Hall–Kier alpha value is -0.570. The van der Waals surface area contributed by atoms with Crippen molar-refractivity contribution in [1.29, 1.82) is 0 Å². The van der Waals surface area contributed by atoms with Crippen molar-refractivity contribution in [2.24, 2.45) is 0 Å². The highest BCUT2D eigenvalue weighted by molar-refractivity contribution is 5.74. The van der Waals surface area contributed by atoms with Crippen molar-refractivity contribution in [3.8, 4) is 0 Å². The molecule has 3 nitrogen and oxygen atoms in total. The van der Waals surface area contributed by atoms with E-state index >= 15 is 0 Å².